The van der Waals surface area contributed by atoms with Crippen LogP contribution in [-0.2, 0) is 36.7 Å². The number of halogens is 3. The van der Waals surface area contributed by atoms with Crippen LogP contribution < -0.4 is 0 Å². The fourth-order valence-corrected chi connectivity index (χ4v) is 7.04. The highest BCUT2D eigenvalue weighted by Gasteiger charge is 2.29. The maximum atomic E-state index is 14.5. The molecule has 2 saturated heterocycles. The lowest BCUT2D eigenvalue weighted by Gasteiger charge is -2.34. The molecule has 0 N–H and O–H groups in total. The predicted molar refractivity (Wildman–Crippen MR) is 200 cm³/mol. The number of carbonyl (C=O) groups is 2. The van der Waals surface area contributed by atoms with Gasteiger partial charge in [0.2, 0.25) is 0 Å². The zero-order valence-corrected chi connectivity index (χ0v) is 31.4. The van der Waals surface area contributed by atoms with Crippen LogP contribution >= 0.6 is 15.9 Å². The molecule has 4 heterocycles. The lowest BCUT2D eigenvalue weighted by atomic mass is 10.0. The van der Waals surface area contributed by atoms with Crippen molar-refractivity contribution >= 4 is 27.7 Å². The van der Waals surface area contributed by atoms with E-state index in [2.05, 4.69) is 25.9 Å². The maximum Gasteiger partial charge on any atom is 0.274 e. The monoisotopic (exact) mass is 788 g/mol. The van der Waals surface area contributed by atoms with Gasteiger partial charge in [0.25, 0.3) is 11.8 Å². The molecule has 0 saturated carbocycles. The molecule has 0 atom stereocenters. The molecule has 2 aliphatic rings. The zero-order chi connectivity index (χ0) is 37.3. The lowest BCUT2D eigenvalue weighted by molar-refractivity contribution is 0.0258. The van der Waals surface area contributed by atoms with E-state index in [-0.39, 0.29) is 35.5 Å². The molecule has 278 valence electrons. The number of carbonyl (C=O) groups excluding carboxylic acids is 2. The first kappa shape index (κ1) is 38.0. The van der Waals surface area contributed by atoms with Gasteiger partial charge in [-0.25, -0.2) is 18.7 Å². The lowest BCUT2D eigenvalue weighted by Crippen LogP contribution is -2.43. The highest BCUT2D eigenvalue weighted by Crippen LogP contribution is 2.27. The van der Waals surface area contributed by atoms with Crippen molar-refractivity contribution < 1.29 is 27.8 Å². The Morgan fingerprint density at radius 1 is 0.717 bits per heavy atom. The molecule has 2 aliphatic heterocycles. The fraction of sp³-hybridized carbons (Fsp3) is 0.350. The SMILES string of the molecule is Cn1cnc(C(=O)N(Cc2ccc(F)c(-c3ccccc3)c2)C2CCOCC2)c1.Cn1cnc(C(=O)N(Cc2ccc(F)c(Br)c2)C2CCOCC2)c1. The van der Waals surface area contributed by atoms with E-state index in [9.17, 15) is 18.4 Å². The van der Waals surface area contributed by atoms with Gasteiger partial charge in [0.15, 0.2) is 0 Å². The summed E-state index contributed by atoms with van der Waals surface area (Å²) in [5.41, 5.74) is 3.97. The van der Waals surface area contributed by atoms with E-state index in [1.165, 1.54) is 12.1 Å². The average molecular weight is 790 g/mol. The topological polar surface area (TPSA) is 94.7 Å². The Hall–Kier alpha value is -4.72. The maximum absolute atomic E-state index is 14.5. The molecular weight excluding hydrogens is 746 g/mol. The summed E-state index contributed by atoms with van der Waals surface area (Å²) in [7, 11) is 3.67. The fourth-order valence-electron chi connectivity index (χ4n) is 6.61. The smallest absolute Gasteiger partial charge is 0.274 e. The van der Waals surface area contributed by atoms with E-state index >= 15 is 0 Å². The molecular formula is C40H43BrF2N6O4. The van der Waals surface area contributed by atoms with E-state index in [1.807, 2.05) is 60.3 Å². The number of rotatable bonds is 9. The summed E-state index contributed by atoms with van der Waals surface area (Å²) in [5, 5.41) is 0. The van der Waals surface area contributed by atoms with Crippen LogP contribution in [0.15, 0.2) is 96.3 Å². The first-order valence-corrected chi connectivity index (χ1v) is 18.5. The van der Waals surface area contributed by atoms with Crippen LogP contribution in [0.4, 0.5) is 8.78 Å². The first-order chi connectivity index (χ1) is 25.7. The second kappa shape index (κ2) is 17.9. The molecule has 0 spiro atoms. The van der Waals surface area contributed by atoms with Crippen LogP contribution in [0.5, 0.6) is 0 Å². The summed E-state index contributed by atoms with van der Waals surface area (Å²) >= 11 is 3.20. The number of benzene rings is 3. The summed E-state index contributed by atoms with van der Waals surface area (Å²) in [5.74, 6) is -0.799. The molecule has 13 heteroatoms. The third-order valence-corrected chi connectivity index (χ3v) is 10.0. The van der Waals surface area contributed by atoms with Crippen molar-refractivity contribution in [3.05, 3.63) is 130 Å². The normalized spacial score (nSPS) is 15.0. The van der Waals surface area contributed by atoms with Crippen molar-refractivity contribution in [2.75, 3.05) is 26.4 Å². The molecule has 0 unspecified atom stereocenters. The second-order valence-corrected chi connectivity index (χ2v) is 14.2. The number of nitrogens with zero attached hydrogens (tertiary/aromatic N) is 6. The summed E-state index contributed by atoms with van der Waals surface area (Å²) in [6.45, 7) is 3.37. The van der Waals surface area contributed by atoms with Gasteiger partial charge in [-0.15, -0.1) is 0 Å². The van der Waals surface area contributed by atoms with Gasteiger partial charge in [0.05, 0.1) is 17.1 Å². The van der Waals surface area contributed by atoms with Crippen molar-refractivity contribution in [3.8, 4) is 11.1 Å². The minimum absolute atomic E-state index is 0.0727. The first-order valence-electron chi connectivity index (χ1n) is 17.7. The van der Waals surface area contributed by atoms with Crippen LogP contribution in [0.3, 0.4) is 0 Å². The molecule has 3 aromatic carbocycles. The Bertz CT molecular complexity index is 1990. The third-order valence-electron chi connectivity index (χ3n) is 9.44. The van der Waals surface area contributed by atoms with Gasteiger partial charge < -0.3 is 28.4 Å². The number of ether oxygens (including phenoxy) is 2. The molecule has 53 heavy (non-hydrogen) atoms. The minimum atomic E-state index is -0.313. The van der Waals surface area contributed by atoms with Gasteiger partial charge >= 0.3 is 0 Å². The second-order valence-electron chi connectivity index (χ2n) is 13.3. The molecule has 10 nitrogen and oxygen atoms in total. The van der Waals surface area contributed by atoms with Crippen molar-refractivity contribution in [2.45, 2.75) is 50.9 Å². The largest absolute Gasteiger partial charge is 0.381 e. The molecule has 0 bridgehead atoms. The number of hydrogen-bond acceptors (Lipinski definition) is 6. The van der Waals surface area contributed by atoms with Gasteiger partial charge in [-0.05, 0) is 82.6 Å². The standard InChI is InChI=1S/C23H24FN3O2.C17H19BrFN3O2/c1-26-15-22(25-16-26)23(28)27(19-9-11-29-12-10-19)14-17-7-8-21(24)20(13-17)18-5-3-2-4-6-18;1-21-10-16(20-11-21)17(23)22(13-4-6-24-7-5-13)9-12-2-3-15(19)14(18)8-12/h2-8,13,15-16,19H,9-12,14H2,1H3;2-3,8,10-11,13H,4-7,9H2,1H3. The van der Waals surface area contributed by atoms with Crippen LogP contribution in [0.25, 0.3) is 11.1 Å². The minimum Gasteiger partial charge on any atom is -0.381 e. The molecule has 2 aromatic heterocycles. The molecule has 7 rings (SSSR count). The van der Waals surface area contributed by atoms with E-state index < -0.39 is 0 Å². The molecule has 0 aliphatic carbocycles. The summed E-state index contributed by atoms with van der Waals surface area (Å²) < 4.78 is 42.7. The molecule has 5 aromatic rings. The van der Waals surface area contributed by atoms with Crippen LogP contribution in [-0.4, -0.2) is 79.2 Å². The zero-order valence-electron chi connectivity index (χ0n) is 29.8. The summed E-state index contributed by atoms with van der Waals surface area (Å²) in [6, 6.07) is 19.5. The van der Waals surface area contributed by atoms with Crippen molar-refractivity contribution in [2.24, 2.45) is 14.1 Å². The van der Waals surface area contributed by atoms with Gasteiger partial charge in [0.1, 0.15) is 23.0 Å². The molecule has 2 fully saturated rings. The highest BCUT2D eigenvalue weighted by atomic mass is 79.9. The summed E-state index contributed by atoms with van der Waals surface area (Å²) in [6.07, 6.45) is 9.84. The Balaban J connectivity index is 0.000000185. The van der Waals surface area contributed by atoms with Crippen molar-refractivity contribution in [3.63, 3.8) is 0 Å². The summed E-state index contributed by atoms with van der Waals surface area (Å²) in [4.78, 5) is 38.2. The Morgan fingerprint density at radius 2 is 1.19 bits per heavy atom. The Labute approximate surface area is 316 Å². The van der Waals surface area contributed by atoms with Crippen molar-refractivity contribution in [1.29, 1.82) is 0 Å². The number of hydrogen-bond donors (Lipinski definition) is 0. The highest BCUT2D eigenvalue weighted by molar-refractivity contribution is 9.10. The predicted octanol–water partition coefficient (Wildman–Crippen LogP) is 7.19. The molecule has 0 radical (unpaired) electrons. The third kappa shape index (κ3) is 9.83. The van der Waals surface area contributed by atoms with Crippen molar-refractivity contribution in [1.82, 2.24) is 28.9 Å². The van der Waals surface area contributed by atoms with E-state index in [1.54, 1.807) is 52.4 Å². The van der Waals surface area contributed by atoms with Crippen LogP contribution in [0, 0.1) is 11.6 Å². The van der Waals surface area contributed by atoms with E-state index in [0.29, 0.717) is 60.9 Å². The number of amides is 2. The van der Waals surface area contributed by atoms with E-state index in [4.69, 9.17) is 9.47 Å². The number of aryl methyl sites for hydroxylation is 2. The number of imidazole rings is 2. The van der Waals surface area contributed by atoms with Gasteiger partial charge in [-0.3, -0.25) is 9.59 Å². The van der Waals surface area contributed by atoms with Gasteiger partial charge in [-0.2, -0.15) is 0 Å². The average Bonchev–Trinajstić information content (AvgIpc) is 3.83. The quantitative estimate of drug-likeness (QED) is 0.157. The van der Waals surface area contributed by atoms with Gasteiger partial charge in [0, 0.05) is 83.7 Å². The number of aromatic nitrogens is 4. The van der Waals surface area contributed by atoms with Crippen LogP contribution in [0.1, 0.15) is 57.8 Å². The Kier molecular flexibility index (Phi) is 12.8. The van der Waals surface area contributed by atoms with E-state index in [0.717, 1.165) is 42.4 Å². The Morgan fingerprint density at radius 3 is 1.64 bits per heavy atom. The van der Waals surface area contributed by atoms with Crippen LogP contribution in [0.2, 0.25) is 0 Å². The van der Waals surface area contributed by atoms with Gasteiger partial charge in [-0.1, -0.05) is 42.5 Å². The molecule has 2 amide bonds.